The van der Waals surface area contributed by atoms with Crippen molar-refractivity contribution in [3.8, 4) is 0 Å². The van der Waals surface area contributed by atoms with Crippen LogP contribution in [0.25, 0.3) is 0 Å². The molecular weight excluding hydrogens is 300 g/mol. The fourth-order valence-corrected chi connectivity index (χ4v) is 2.04. The summed E-state index contributed by atoms with van der Waals surface area (Å²) in [6.45, 7) is 2.05. The highest BCUT2D eigenvalue weighted by Crippen LogP contribution is 2.18. The second kappa shape index (κ2) is 5.48. The summed E-state index contributed by atoms with van der Waals surface area (Å²) >= 11 is 3.30. The lowest BCUT2D eigenvalue weighted by molar-refractivity contribution is 0.612. The summed E-state index contributed by atoms with van der Waals surface area (Å²) < 4.78 is 27.4. The van der Waals surface area contributed by atoms with Crippen molar-refractivity contribution in [2.75, 3.05) is 5.32 Å². The molecule has 18 heavy (non-hydrogen) atoms. The second-order valence-electron chi connectivity index (χ2n) is 4.05. The van der Waals surface area contributed by atoms with E-state index in [9.17, 15) is 8.78 Å². The summed E-state index contributed by atoms with van der Waals surface area (Å²) in [5.74, 6) is -0.501. The molecule has 2 aromatic carbocycles. The van der Waals surface area contributed by atoms with Gasteiger partial charge in [-0.15, -0.1) is 0 Å². The molecule has 2 aromatic rings. The molecule has 1 nitrogen and oxygen atoms in total. The van der Waals surface area contributed by atoms with Crippen molar-refractivity contribution in [2.45, 2.75) is 13.5 Å². The quantitative estimate of drug-likeness (QED) is 0.870. The molecule has 2 rings (SSSR count). The average Bonchev–Trinajstić information content (AvgIpc) is 2.34. The molecule has 0 aliphatic carbocycles. The monoisotopic (exact) mass is 311 g/mol. The van der Waals surface area contributed by atoms with E-state index in [1.165, 1.54) is 12.1 Å². The number of aryl methyl sites for hydroxylation is 1. The summed E-state index contributed by atoms with van der Waals surface area (Å²) in [7, 11) is 0. The van der Waals surface area contributed by atoms with Crippen LogP contribution in [0.4, 0.5) is 14.5 Å². The molecule has 4 heteroatoms. The van der Waals surface area contributed by atoms with E-state index in [4.69, 9.17) is 0 Å². The summed E-state index contributed by atoms with van der Waals surface area (Å²) in [6.07, 6.45) is 0. The number of nitrogens with one attached hydrogen (secondary N) is 1. The number of hydrogen-bond donors (Lipinski definition) is 1. The van der Waals surface area contributed by atoms with Gasteiger partial charge in [0.1, 0.15) is 11.6 Å². The minimum Gasteiger partial charge on any atom is -0.381 e. The normalized spacial score (nSPS) is 10.4. The van der Waals surface area contributed by atoms with Crippen molar-refractivity contribution in [2.24, 2.45) is 0 Å². The molecule has 1 N–H and O–H groups in total. The summed E-state index contributed by atoms with van der Waals surface area (Å²) in [4.78, 5) is 0. The number of benzene rings is 2. The molecular formula is C14H12BrF2N. The molecule has 0 saturated carbocycles. The molecule has 0 fully saturated rings. The largest absolute Gasteiger partial charge is 0.381 e. The van der Waals surface area contributed by atoms with Gasteiger partial charge in [-0.05, 0) is 48.9 Å². The molecule has 0 saturated heterocycles. The maximum absolute atomic E-state index is 13.5. The Kier molecular flexibility index (Phi) is 3.97. The molecule has 0 aliphatic rings. The van der Waals surface area contributed by atoms with Crippen LogP contribution in [0.5, 0.6) is 0 Å². The lowest BCUT2D eigenvalue weighted by atomic mass is 10.2. The first-order chi connectivity index (χ1) is 8.56. The second-order valence-corrected chi connectivity index (χ2v) is 4.97. The first-order valence-corrected chi connectivity index (χ1v) is 6.29. The van der Waals surface area contributed by atoms with Gasteiger partial charge in [0.25, 0.3) is 0 Å². The van der Waals surface area contributed by atoms with Crippen molar-refractivity contribution >= 4 is 21.6 Å². The Hall–Kier alpha value is -1.42. The molecule has 0 bridgehead atoms. The molecule has 0 heterocycles. The lowest BCUT2D eigenvalue weighted by Gasteiger charge is -2.09. The Morgan fingerprint density at radius 3 is 2.50 bits per heavy atom. The molecule has 94 valence electrons. The van der Waals surface area contributed by atoms with Gasteiger partial charge in [-0.1, -0.05) is 15.9 Å². The molecule has 0 aromatic heterocycles. The SMILES string of the molecule is Cc1cc(NCc2cc(Br)ccc2F)ccc1F. The van der Waals surface area contributed by atoms with Gasteiger partial charge in [0, 0.05) is 22.3 Å². The molecule has 0 unspecified atom stereocenters. The smallest absolute Gasteiger partial charge is 0.128 e. The van der Waals surface area contributed by atoms with E-state index in [1.807, 2.05) is 0 Å². The van der Waals surface area contributed by atoms with Crippen LogP contribution in [0.1, 0.15) is 11.1 Å². The Labute approximate surface area is 113 Å². The third kappa shape index (κ3) is 3.07. The standard InChI is InChI=1S/C14H12BrF2N/c1-9-6-12(3-5-13(9)16)18-8-10-7-11(15)2-4-14(10)17/h2-7,18H,8H2,1H3. The first-order valence-electron chi connectivity index (χ1n) is 5.50. The molecule has 0 atom stereocenters. The zero-order valence-electron chi connectivity index (χ0n) is 9.81. The number of hydrogen-bond acceptors (Lipinski definition) is 1. The van der Waals surface area contributed by atoms with Crippen LogP contribution in [-0.4, -0.2) is 0 Å². The third-order valence-electron chi connectivity index (χ3n) is 2.65. The Bertz CT molecular complexity index is 570. The van der Waals surface area contributed by atoms with Crippen molar-refractivity contribution in [1.29, 1.82) is 0 Å². The average molecular weight is 312 g/mol. The maximum Gasteiger partial charge on any atom is 0.128 e. The van der Waals surface area contributed by atoms with E-state index < -0.39 is 0 Å². The van der Waals surface area contributed by atoms with Crippen LogP contribution >= 0.6 is 15.9 Å². The van der Waals surface area contributed by atoms with Gasteiger partial charge in [-0.3, -0.25) is 0 Å². The molecule has 0 radical (unpaired) electrons. The van der Waals surface area contributed by atoms with E-state index in [0.717, 1.165) is 10.2 Å². The van der Waals surface area contributed by atoms with E-state index in [0.29, 0.717) is 17.7 Å². The zero-order valence-corrected chi connectivity index (χ0v) is 11.4. The predicted octanol–water partition coefficient (Wildman–Crippen LogP) is 4.65. The number of anilines is 1. The summed E-state index contributed by atoms with van der Waals surface area (Å²) in [5.41, 5.74) is 1.90. The molecule has 0 spiro atoms. The number of rotatable bonds is 3. The Morgan fingerprint density at radius 2 is 1.78 bits per heavy atom. The lowest BCUT2D eigenvalue weighted by Crippen LogP contribution is -2.02. The maximum atomic E-state index is 13.5. The van der Waals surface area contributed by atoms with Gasteiger partial charge >= 0.3 is 0 Å². The van der Waals surface area contributed by atoms with Gasteiger partial charge in [-0.2, -0.15) is 0 Å². The van der Waals surface area contributed by atoms with E-state index in [-0.39, 0.29) is 11.6 Å². The highest BCUT2D eigenvalue weighted by Gasteiger charge is 2.03. The van der Waals surface area contributed by atoms with Gasteiger partial charge in [-0.25, -0.2) is 8.78 Å². The first kappa shape index (κ1) is 13.0. The summed E-state index contributed by atoms with van der Waals surface area (Å²) in [5, 5.41) is 3.07. The van der Waals surface area contributed by atoms with Crippen LogP contribution in [-0.2, 0) is 6.54 Å². The van der Waals surface area contributed by atoms with Crippen LogP contribution in [0.3, 0.4) is 0 Å². The Morgan fingerprint density at radius 1 is 1.06 bits per heavy atom. The van der Waals surface area contributed by atoms with Crippen molar-refractivity contribution in [1.82, 2.24) is 0 Å². The highest BCUT2D eigenvalue weighted by molar-refractivity contribution is 9.10. The molecule has 0 aliphatic heterocycles. The van der Waals surface area contributed by atoms with Gasteiger partial charge < -0.3 is 5.32 Å². The van der Waals surface area contributed by atoms with E-state index in [1.54, 1.807) is 31.2 Å². The van der Waals surface area contributed by atoms with Gasteiger partial charge in [0.2, 0.25) is 0 Å². The van der Waals surface area contributed by atoms with Crippen molar-refractivity contribution in [3.05, 3.63) is 63.6 Å². The van der Waals surface area contributed by atoms with Crippen LogP contribution < -0.4 is 5.32 Å². The minimum absolute atomic E-state index is 0.241. The fraction of sp³-hybridized carbons (Fsp3) is 0.143. The Balaban J connectivity index is 2.11. The van der Waals surface area contributed by atoms with Gasteiger partial charge in [0.15, 0.2) is 0 Å². The van der Waals surface area contributed by atoms with Crippen LogP contribution in [0.2, 0.25) is 0 Å². The number of halogens is 3. The zero-order chi connectivity index (χ0) is 13.1. The molecule has 0 amide bonds. The third-order valence-corrected chi connectivity index (χ3v) is 3.14. The van der Waals surface area contributed by atoms with E-state index in [2.05, 4.69) is 21.2 Å². The van der Waals surface area contributed by atoms with Crippen molar-refractivity contribution in [3.63, 3.8) is 0 Å². The predicted molar refractivity (Wildman–Crippen MR) is 72.6 cm³/mol. The van der Waals surface area contributed by atoms with E-state index >= 15 is 0 Å². The fourth-order valence-electron chi connectivity index (χ4n) is 1.63. The van der Waals surface area contributed by atoms with Crippen LogP contribution in [0.15, 0.2) is 40.9 Å². The van der Waals surface area contributed by atoms with Crippen molar-refractivity contribution < 1.29 is 8.78 Å². The topological polar surface area (TPSA) is 12.0 Å². The summed E-state index contributed by atoms with van der Waals surface area (Å²) in [6, 6.07) is 9.52. The van der Waals surface area contributed by atoms with Crippen LogP contribution in [0, 0.1) is 18.6 Å². The van der Waals surface area contributed by atoms with Gasteiger partial charge in [0.05, 0.1) is 0 Å². The minimum atomic E-state index is -0.260. The highest BCUT2D eigenvalue weighted by atomic mass is 79.9.